The number of aromatic nitrogens is 1. The van der Waals surface area contributed by atoms with E-state index in [1.807, 2.05) is 31.2 Å². The molecule has 2 heterocycles. The van der Waals surface area contributed by atoms with Crippen LogP contribution in [0.2, 0.25) is 0 Å². The van der Waals surface area contributed by atoms with Crippen molar-refractivity contribution in [3.8, 4) is 0 Å². The summed E-state index contributed by atoms with van der Waals surface area (Å²) in [4.78, 5) is 46.9. The molecule has 1 atom stereocenters. The largest absolute Gasteiger partial charge is 0.467 e. The standard InChI is InChI=1S/C23H31N3O5/c1-3-31-25-19(27)12-6-4-5-7-13-20(28)26-15-14-17-16-10-8-9-11-18(16)24-21(17)22(26)23(29)30-2/h8-11,22,24H,3-7,12-15H2,1-2H3,(H,25,27). The van der Waals surface area contributed by atoms with Crippen LogP contribution in [0.3, 0.4) is 0 Å². The van der Waals surface area contributed by atoms with Gasteiger partial charge in [-0.1, -0.05) is 31.0 Å². The van der Waals surface area contributed by atoms with Crippen LogP contribution in [0.1, 0.15) is 62.7 Å². The number of ether oxygens (including phenoxy) is 1. The van der Waals surface area contributed by atoms with Crippen molar-refractivity contribution >= 4 is 28.7 Å². The first kappa shape index (κ1) is 22.8. The monoisotopic (exact) mass is 429 g/mol. The average molecular weight is 430 g/mol. The molecule has 0 fully saturated rings. The Morgan fingerprint density at radius 1 is 1.13 bits per heavy atom. The fraction of sp³-hybridized carbons (Fsp3) is 0.522. The van der Waals surface area contributed by atoms with Crippen molar-refractivity contribution in [1.82, 2.24) is 15.4 Å². The molecule has 2 N–H and O–H groups in total. The van der Waals surface area contributed by atoms with Crippen LogP contribution in [0.5, 0.6) is 0 Å². The van der Waals surface area contributed by atoms with Crippen molar-refractivity contribution in [2.75, 3.05) is 20.3 Å². The van der Waals surface area contributed by atoms with Gasteiger partial charge in [-0.25, -0.2) is 10.3 Å². The number of nitrogens with zero attached hydrogens (tertiary/aromatic N) is 1. The molecule has 1 unspecified atom stereocenters. The Labute approximate surface area is 182 Å². The van der Waals surface area contributed by atoms with E-state index in [2.05, 4.69) is 10.5 Å². The van der Waals surface area contributed by atoms with Gasteiger partial charge in [0.15, 0.2) is 6.04 Å². The van der Waals surface area contributed by atoms with Gasteiger partial charge in [0.2, 0.25) is 11.8 Å². The van der Waals surface area contributed by atoms with Crippen LogP contribution in [0, 0.1) is 0 Å². The number of carbonyl (C=O) groups excluding carboxylic acids is 3. The lowest BCUT2D eigenvalue weighted by atomic mass is 9.96. The van der Waals surface area contributed by atoms with Gasteiger partial charge >= 0.3 is 5.97 Å². The highest BCUT2D eigenvalue weighted by atomic mass is 16.6. The summed E-state index contributed by atoms with van der Waals surface area (Å²) in [5, 5.41) is 1.09. The van der Waals surface area contributed by atoms with Crippen molar-refractivity contribution in [2.45, 2.75) is 57.9 Å². The highest BCUT2D eigenvalue weighted by Gasteiger charge is 2.38. The van der Waals surface area contributed by atoms with Gasteiger partial charge in [-0.15, -0.1) is 0 Å². The fourth-order valence-corrected chi connectivity index (χ4v) is 4.13. The summed E-state index contributed by atoms with van der Waals surface area (Å²) in [5.41, 5.74) is 5.18. The van der Waals surface area contributed by atoms with E-state index in [1.165, 1.54) is 7.11 Å². The van der Waals surface area contributed by atoms with Gasteiger partial charge in [-0.2, -0.15) is 0 Å². The van der Waals surface area contributed by atoms with Gasteiger partial charge < -0.3 is 14.6 Å². The van der Waals surface area contributed by atoms with E-state index in [0.717, 1.165) is 47.8 Å². The zero-order valence-corrected chi connectivity index (χ0v) is 18.2. The van der Waals surface area contributed by atoms with Gasteiger partial charge in [0.05, 0.1) is 19.4 Å². The number of esters is 1. The first-order valence-corrected chi connectivity index (χ1v) is 10.9. The molecule has 8 heteroatoms. The lowest BCUT2D eigenvalue weighted by Gasteiger charge is -2.34. The maximum absolute atomic E-state index is 12.9. The fourth-order valence-electron chi connectivity index (χ4n) is 4.13. The smallest absolute Gasteiger partial charge is 0.334 e. The minimum atomic E-state index is -0.740. The molecule has 0 saturated carbocycles. The van der Waals surface area contributed by atoms with Crippen molar-refractivity contribution in [1.29, 1.82) is 0 Å². The third-order valence-electron chi connectivity index (χ3n) is 5.65. The number of benzene rings is 1. The third kappa shape index (κ3) is 5.44. The SMILES string of the molecule is CCONC(=O)CCCCCCC(=O)N1CCc2c([nH]c3ccccc23)C1C(=O)OC. The summed E-state index contributed by atoms with van der Waals surface area (Å²) in [6.45, 7) is 2.74. The van der Waals surface area contributed by atoms with E-state index in [1.54, 1.807) is 4.90 Å². The van der Waals surface area contributed by atoms with Gasteiger partial charge in [0, 0.05) is 30.3 Å². The van der Waals surface area contributed by atoms with Crippen LogP contribution in [-0.2, 0) is 30.4 Å². The Hall–Kier alpha value is -2.87. The Morgan fingerprint density at radius 2 is 1.87 bits per heavy atom. The molecule has 0 aliphatic carbocycles. The van der Waals surface area contributed by atoms with Crippen LogP contribution in [0.25, 0.3) is 10.9 Å². The number of hydroxylamine groups is 1. The number of para-hydroxylation sites is 1. The minimum absolute atomic E-state index is 0.0474. The Morgan fingerprint density at radius 3 is 2.61 bits per heavy atom. The predicted octanol–water partition coefficient (Wildman–Crippen LogP) is 3.18. The third-order valence-corrected chi connectivity index (χ3v) is 5.65. The van der Waals surface area contributed by atoms with Gasteiger partial charge in [0.25, 0.3) is 0 Å². The molecule has 1 aromatic heterocycles. The van der Waals surface area contributed by atoms with E-state index in [0.29, 0.717) is 32.4 Å². The second-order valence-corrected chi connectivity index (χ2v) is 7.70. The lowest BCUT2D eigenvalue weighted by Crippen LogP contribution is -2.43. The maximum Gasteiger partial charge on any atom is 0.334 e. The van der Waals surface area contributed by atoms with Crippen molar-refractivity contribution < 1.29 is 24.0 Å². The Balaban J connectivity index is 1.55. The number of aromatic amines is 1. The number of nitrogens with one attached hydrogen (secondary N) is 2. The summed E-state index contributed by atoms with van der Waals surface area (Å²) in [6, 6.07) is 7.19. The second kappa shape index (κ2) is 10.9. The maximum atomic E-state index is 12.9. The summed E-state index contributed by atoms with van der Waals surface area (Å²) < 4.78 is 5.03. The summed E-state index contributed by atoms with van der Waals surface area (Å²) >= 11 is 0. The first-order valence-electron chi connectivity index (χ1n) is 10.9. The lowest BCUT2D eigenvalue weighted by molar-refractivity contribution is -0.154. The van der Waals surface area contributed by atoms with Crippen molar-refractivity contribution in [2.24, 2.45) is 0 Å². The number of methoxy groups -OCH3 is 1. The number of hydrogen-bond donors (Lipinski definition) is 2. The van der Waals surface area contributed by atoms with Crippen LogP contribution in [-0.4, -0.2) is 47.9 Å². The molecule has 0 bridgehead atoms. The van der Waals surface area contributed by atoms with E-state index < -0.39 is 12.0 Å². The van der Waals surface area contributed by atoms with Crippen molar-refractivity contribution in [3.05, 3.63) is 35.5 Å². The first-order chi connectivity index (χ1) is 15.1. The average Bonchev–Trinajstić information content (AvgIpc) is 3.17. The molecule has 8 nitrogen and oxygen atoms in total. The molecule has 1 aliphatic rings. The molecular formula is C23H31N3O5. The number of carbonyl (C=O) groups is 3. The number of rotatable bonds is 10. The van der Waals surface area contributed by atoms with Crippen LogP contribution >= 0.6 is 0 Å². The molecule has 168 valence electrons. The molecule has 0 spiro atoms. The van der Waals surface area contributed by atoms with E-state index in [4.69, 9.17) is 9.57 Å². The van der Waals surface area contributed by atoms with Gasteiger partial charge in [-0.3, -0.25) is 14.4 Å². The number of unbranched alkanes of at least 4 members (excludes halogenated alkanes) is 3. The van der Waals surface area contributed by atoms with Crippen LogP contribution < -0.4 is 5.48 Å². The number of fused-ring (bicyclic) bond motifs is 3. The molecule has 1 aromatic carbocycles. The van der Waals surface area contributed by atoms with E-state index in [9.17, 15) is 14.4 Å². The highest BCUT2D eigenvalue weighted by Crippen LogP contribution is 2.35. The summed E-state index contributed by atoms with van der Waals surface area (Å²) in [5.74, 6) is -0.601. The van der Waals surface area contributed by atoms with Gasteiger partial charge in [0.1, 0.15) is 0 Å². The normalized spacial score (nSPS) is 15.5. The zero-order chi connectivity index (χ0) is 22.2. The highest BCUT2D eigenvalue weighted by molar-refractivity contribution is 5.91. The Kier molecular flexibility index (Phi) is 8.06. The van der Waals surface area contributed by atoms with Crippen LogP contribution in [0.15, 0.2) is 24.3 Å². The predicted molar refractivity (Wildman–Crippen MR) is 116 cm³/mol. The molecule has 3 rings (SSSR count). The topological polar surface area (TPSA) is 101 Å². The van der Waals surface area contributed by atoms with E-state index >= 15 is 0 Å². The zero-order valence-electron chi connectivity index (χ0n) is 18.2. The number of H-pyrrole nitrogens is 1. The quantitative estimate of drug-likeness (QED) is 0.343. The van der Waals surface area contributed by atoms with E-state index in [-0.39, 0.29) is 11.8 Å². The van der Waals surface area contributed by atoms with Crippen LogP contribution in [0.4, 0.5) is 0 Å². The number of hydrogen-bond acceptors (Lipinski definition) is 5. The summed E-state index contributed by atoms with van der Waals surface area (Å²) in [6.07, 6.45) is 4.66. The molecule has 0 radical (unpaired) electrons. The molecule has 2 amide bonds. The molecule has 1 aliphatic heterocycles. The minimum Gasteiger partial charge on any atom is -0.467 e. The molecule has 2 aromatic rings. The summed E-state index contributed by atoms with van der Waals surface area (Å²) in [7, 11) is 1.35. The Bertz CT molecular complexity index is 923. The molecule has 31 heavy (non-hydrogen) atoms. The van der Waals surface area contributed by atoms with Crippen molar-refractivity contribution in [3.63, 3.8) is 0 Å². The number of amides is 2. The molecule has 0 saturated heterocycles. The second-order valence-electron chi connectivity index (χ2n) is 7.70. The molecular weight excluding hydrogens is 398 g/mol. The van der Waals surface area contributed by atoms with Gasteiger partial charge in [-0.05, 0) is 37.8 Å².